The van der Waals surface area contributed by atoms with Gasteiger partial charge in [-0.2, -0.15) is 0 Å². The minimum atomic E-state index is -0.644. The summed E-state index contributed by atoms with van der Waals surface area (Å²) in [7, 11) is 0. The highest BCUT2D eigenvalue weighted by atomic mass is 16.3. The quantitative estimate of drug-likeness (QED) is 0.777. The van der Waals surface area contributed by atoms with E-state index in [2.05, 4.69) is 15.3 Å². The lowest BCUT2D eigenvalue weighted by Crippen LogP contribution is -2.13. The second kappa shape index (κ2) is 5.46. The number of rotatable bonds is 5. The summed E-state index contributed by atoms with van der Waals surface area (Å²) in [6.45, 7) is 0.367. The Labute approximate surface area is 117 Å². The number of aliphatic hydroxyl groups is 1. The van der Waals surface area contributed by atoms with Crippen LogP contribution in [0.5, 0.6) is 5.75 Å². The molecule has 1 aliphatic carbocycles. The number of nitrogens with one attached hydrogen (secondary N) is 1. The predicted octanol–water partition coefficient (Wildman–Crippen LogP) is 2.21. The van der Waals surface area contributed by atoms with E-state index in [1.165, 1.54) is 12.8 Å². The van der Waals surface area contributed by atoms with Crippen molar-refractivity contribution in [2.75, 3.05) is 11.9 Å². The van der Waals surface area contributed by atoms with Crippen molar-refractivity contribution in [1.29, 1.82) is 0 Å². The molecular formula is C15H17N3O2. The Morgan fingerprint density at radius 2 is 1.95 bits per heavy atom. The van der Waals surface area contributed by atoms with Crippen LogP contribution >= 0.6 is 0 Å². The van der Waals surface area contributed by atoms with Gasteiger partial charge in [0.2, 0.25) is 0 Å². The Bertz CT molecular complexity index is 582. The van der Waals surface area contributed by atoms with Gasteiger partial charge in [-0.15, -0.1) is 0 Å². The first-order valence-electron chi connectivity index (χ1n) is 6.75. The van der Waals surface area contributed by atoms with Crippen LogP contribution < -0.4 is 5.32 Å². The third kappa shape index (κ3) is 3.05. The molecule has 20 heavy (non-hydrogen) atoms. The zero-order chi connectivity index (χ0) is 13.9. The van der Waals surface area contributed by atoms with Crippen LogP contribution in [0, 0.1) is 0 Å². The van der Waals surface area contributed by atoms with E-state index in [9.17, 15) is 10.2 Å². The van der Waals surface area contributed by atoms with Gasteiger partial charge < -0.3 is 15.5 Å². The minimum absolute atomic E-state index is 0.193. The first kappa shape index (κ1) is 12.9. The standard InChI is InChI=1S/C15H17N3O2/c19-12-5-3-11(4-6-12)14(20)8-16-15-7-13(10-1-2-10)17-9-18-15/h3-7,9-10,14,19-20H,1-2,8H2,(H,16,17,18). The van der Waals surface area contributed by atoms with Crippen LogP contribution in [-0.2, 0) is 0 Å². The zero-order valence-corrected chi connectivity index (χ0v) is 11.0. The predicted molar refractivity (Wildman–Crippen MR) is 75.6 cm³/mol. The van der Waals surface area contributed by atoms with E-state index in [4.69, 9.17) is 0 Å². The van der Waals surface area contributed by atoms with Crippen molar-refractivity contribution in [1.82, 2.24) is 9.97 Å². The van der Waals surface area contributed by atoms with Crippen LogP contribution in [0.1, 0.15) is 36.1 Å². The lowest BCUT2D eigenvalue weighted by Gasteiger charge is -2.13. The Kier molecular flexibility index (Phi) is 3.52. The molecule has 1 atom stereocenters. The van der Waals surface area contributed by atoms with Crippen molar-refractivity contribution < 1.29 is 10.2 Å². The number of phenolic OH excluding ortho intramolecular Hbond substituents is 1. The molecule has 104 valence electrons. The molecule has 0 amide bonds. The van der Waals surface area contributed by atoms with Crippen molar-refractivity contribution in [2.24, 2.45) is 0 Å². The summed E-state index contributed by atoms with van der Waals surface area (Å²) in [5.74, 6) is 1.51. The number of hydrogen-bond donors (Lipinski definition) is 3. The molecule has 0 aliphatic heterocycles. The van der Waals surface area contributed by atoms with Gasteiger partial charge >= 0.3 is 0 Å². The topological polar surface area (TPSA) is 78.3 Å². The first-order valence-corrected chi connectivity index (χ1v) is 6.75. The summed E-state index contributed by atoms with van der Waals surface area (Å²) < 4.78 is 0. The number of benzene rings is 1. The van der Waals surface area contributed by atoms with Gasteiger partial charge in [0.05, 0.1) is 6.10 Å². The van der Waals surface area contributed by atoms with E-state index in [1.807, 2.05) is 6.07 Å². The fraction of sp³-hybridized carbons (Fsp3) is 0.333. The number of phenols is 1. The van der Waals surface area contributed by atoms with Gasteiger partial charge in [-0.25, -0.2) is 9.97 Å². The monoisotopic (exact) mass is 271 g/mol. The Hall–Kier alpha value is -2.14. The molecule has 0 spiro atoms. The molecule has 0 radical (unpaired) electrons. The van der Waals surface area contributed by atoms with Crippen molar-refractivity contribution in [3.8, 4) is 5.75 Å². The van der Waals surface area contributed by atoms with Crippen molar-refractivity contribution in [2.45, 2.75) is 24.9 Å². The first-order chi connectivity index (χ1) is 9.72. The number of aromatic nitrogens is 2. The van der Waals surface area contributed by atoms with Gasteiger partial charge in [-0.3, -0.25) is 0 Å². The summed E-state index contributed by atoms with van der Waals surface area (Å²) in [5, 5.41) is 22.4. The summed E-state index contributed by atoms with van der Waals surface area (Å²) in [6.07, 6.45) is 3.32. The minimum Gasteiger partial charge on any atom is -0.508 e. The van der Waals surface area contributed by atoms with Gasteiger partial charge in [0.25, 0.3) is 0 Å². The molecule has 5 nitrogen and oxygen atoms in total. The zero-order valence-electron chi connectivity index (χ0n) is 11.0. The molecule has 1 saturated carbocycles. The number of hydrogen-bond acceptors (Lipinski definition) is 5. The lowest BCUT2D eigenvalue weighted by molar-refractivity contribution is 0.191. The van der Waals surface area contributed by atoms with E-state index in [1.54, 1.807) is 30.6 Å². The number of anilines is 1. The van der Waals surface area contributed by atoms with E-state index in [-0.39, 0.29) is 5.75 Å². The number of aliphatic hydroxyl groups excluding tert-OH is 1. The number of aromatic hydroxyl groups is 1. The molecule has 1 heterocycles. The summed E-state index contributed by atoms with van der Waals surface area (Å²) >= 11 is 0. The van der Waals surface area contributed by atoms with Crippen molar-refractivity contribution in [3.05, 3.63) is 47.9 Å². The van der Waals surface area contributed by atoms with Crippen LogP contribution in [0.2, 0.25) is 0 Å². The molecule has 1 aliphatic rings. The van der Waals surface area contributed by atoms with E-state index < -0.39 is 6.10 Å². The van der Waals surface area contributed by atoms with Crippen LogP contribution in [0.4, 0.5) is 5.82 Å². The second-order valence-corrected chi connectivity index (χ2v) is 5.09. The fourth-order valence-corrected chi connectivity index (χ4v) is 2.09. The maximum Gasteiger partial charge on any atom is 0.129 e. The maximum absolute atomic E-state index is 10.1. The van der Waals surface area contributed by atoms with Gasteiger partial charge in [0.15, 0.2) is 0 Å². The Morgan fingerprint density at radius 3 is 2.65 bits per heavy atom. The molecule has 3 N–H and O–H groups in total. The van der Waals surface area contributed by atoms with Gasteiger partial charge in [0, 0.05) is 24.2 Å². The van der Waals surface area contributed by atoms with Crippen molar-refractivity contribution in [3.63, 3.8) is 0 Å². The van der Waals surface area contributed by atoms with Crippen LogP contribution in [-0.4, -0.2) is 26.7 Å². The van der Waals surface area contributed by atoms with Crippen LogP contribution in [0.15, 0.2) is 36.7 Å². The molecule has 0 bridgehead atoms. The smallest absolute Gasteiger partial charge is 0.129 e. The summed E-state index contributed by atoms with van der Waals surface area (Å²) in [6, 6.07) is 8.48. The summed E-state index contributed by atoms with van der Waals surface area (Å²) in [4.78, 5) is 8.41. The highest BCUT2D eigenvalue weighted by Gasteiger charge is 2.25. The largest absolute Gasteiger partial charge is 0.508 e. The van der Waals surface area contributed by atoms with E-state index >= 15 is 0 Å². The maximum atomic E-state index is 10.1. The molecule has 0 saturated heterocycles. The summed E-state index contributed by atoms with van der Waals surface area (Å²) in [5.41, 5.74) is 1.83. The lowest BCUT2D eigenvalue weighted by atomic mass is 10.1. The Balaban J connectivity index is 1.61. The van der Waals surface area contributed by atoms with Gasteiger partial charge in [0.1, 0.15) is 17.9 Å². The molecule has 5 heteroatoms. The van der Waals surface area contributed by atoms with E-state index in [0.29, 0.717) is 12.5 Å². The molecular weight excluding hydrogens is 254 g/mol. The highest BCUT2D eigenvalue weighted by molar-refractivity contribution is 5.37. The average Bonchev–Trinajstić information content (AvgIpc) is 3.30. The Morgan fingerprint density at radius 1 is 1.20 bits per heavy atom. The third-order valence-corrected chi connectivity index (χ3v) is 3.44. The molecule has 1 fully saturated rings. The molecule has 3 rings (SSSR count). The van der Waals surface area contributed by atoms with Crippen LogP contribution in [0.25, 0.3) is 0 Å². The second-order valence-electron chi connectivity index (χ2n) is 5.09. The normalized spacial score (nSPS) is 15.8. The van der Waals surface area contributed by atoms with Crippen molar-refractivity contribution >= 4 is 5.82 Å². The molecule has 1 aromatic carbocycles. The highest BCUT2D eigenvalue weighted by Crippen LogP contribution is 2.39. The van der Waals surface area contributed by atoms with E-state index in [0.717, 1.165) is 17.1 Å². The molecule has 1 aromatic heterocycles. The SMILES string of the molecule is Oc1ccc(C(O)CNc2cc(C3CC3)ncn2)cc1. The fourth-order valence-electron chi connectivity index (χ4n) is 2.09. The third-order valence-electron chi connectivity index (χ3n) is 3.44. The molecule has 2 aromatic rings. The van der Waals surface area contributed by atoms with Gasteiger partial charge in [-0.05, 0) is 30.5 Å². The van der Waals surface area contributed by atoms with Gasteiger partial charge in [-0.1, -0.05) is 12.1 Å². The van der Waals surface area contributed by atoms with Crippen LogP contribution in [0.3, 0.4) is 0 Å². The molecule has 1 unspecified atom stereocenters. The number of nitrogens with zero attached hydrogens (tertiary/aromatic N) is 2. The average molecular weight is 271 g/mol.